The lowest BCUT2D eigenvalue weighted by Gasteiger charge is -2.40. The molecule has 7 atom stereocenters. The lowest BCUT2D eigenvalue weighted by atomic mass is 9.99. The van der Waals surface area contributed by atoms with Crippen molar-refractivity contribution in [3.63, 3.8) is 0 Å². The Morgan fingerprint density at radius 3 is 1.19 bits per heavy atom. The second-order valence-corrected chi connectivity index (χ2v) is 21.1. The molecule has 0 aliphatic carbocycles. The minimum atomic E-state index is -1.58. The van der Waals surface area contributed by atoms with E-state index in [2.05, 4.69) is 129 Å². The van der Waals surface area contributed by atoms with Crippen LogP contribution in [0.25, 0.3) is 0 Å². The van der Waals surface area contributed by atoms with Crippen LogP contribution in [0.1, 0.15) is 245 Å². The summed E-state index contributed by atoms with van der Waals surface area (Å²) in [6.07, 6.45) is 76.9. The van der Waals surface area contributed by atoms with Crippen molar-refractivity contribution in [3.8, 4) is 0 Å². The number of hydrogen-bond acceptors (Lipinski definition) is 8. The second-order valence-electron chi connectivity index (χ2n) is 21.1. The molecular formula is C68H115NO8. The highest BCUT2D eigenvalue weighted by Gasteiger charge is 2.44. The van der Waals surface area contributed by atoms with E-state index < -0.39 is 49.5 Å². The number of rotatable bonds is 52. The number of nitrogens with one attached hydrogen (secondary N) is 1. The quantitative estimate of drug-likeness (QED) is 0.0261. The molecule has 0 aromatic carbocycles. The lowest BCUT2D eigenvalue weighted by molar-refractivity contribution is -0.302. The summed E-state index contributed by atoms with van der Waals surface area (Å²) in [6, 6.07) is -0.820. The van der Waals surface area contributed by atoms with E-state index in [-0.39, 0.29) is 12.5 Å². The molecule has 0 saturated carbocycles. The third-order valence-corrected chi connectivity index (χ3v) is 14.0. The van der Waals surface area contributed by atoms with Gasteiger partial charge in [0, 0.05) is 6.42 Å². The van der Waals surface area contributed by atoms with Crippen LogP contribution in [0.2, 0.25) is 0 Å². The standard InChI is InChI=1S/C68H115NO8/c1-3-5-7-9-11-13-15-17-19-21-23-24-25-26-27-28-29-30-31-32-33-34-35-36-37-38-40-42-44-46-48-50-52-54-56-58-64(72)69-61(60-76-68-67(75)66(74)65(73)63(59-70)77-68)62(71)57-55-53-51-49-47-45-43-41-39-22-20-18-16-14-12-10-8-6-4-2/h5,7,11,13,17,19,23-24,26-27,29-30,32-33,35-36,38,40,55,57,61-63,65-68,70-71,73-75H,3-4,6,8-10,12,14-16,18,20-22,25,28,31,34,37,39,41-54,56,58-60H2,1-2H3,(H,69,72)/b7-5-,13-11-,19-17-,24-23-,27-26-,30-29-,33-32-,36-35-,40-38-,57-55+. The number of aliphatic hydroxyl groups excluding tert-OH is 5. The summed E-state index contributed by atoms with van der Waals surface area (Å²) in [5.41, 5.74) is 0. The molecule has 0 aromatic heterocycles. The number of carbonyl (C=O) groups is 1. The van der Waals surface area contributed by atoms with Crippen LogP contribution in [0.3, 0.4) is 0 Å². The van der Waals surface area contributed by atoms with E-state index in [4.69, 9.17) is 9.47 Å². The summed E-state index contributed by atoms with van der Waals surface area (Å²) < 4.78 is 11.3. The van der Waals surface area contributed by atoms with Gasteiger partial charge < -0.3 is 40.3 Å². The maximum Gasteiger partial charge on any atom is 0.220 e. The molecule has 1 heterocycles. The van der Waals surface area contributed by atoms with Crippen LogP contribution in [0, 0.1) is 0 Å². The summed E-state index contributed by atoms with van der Waals surface area (Å²) in [7, 11) is 0. The van der Waals surface area contributed by atoms with Crippen molar-refractivity contribution in [1.82, 2.24) is 5.32 Å². The molecule has 0 spiro atoms. The summed E-state index contributed by atoms with van der Waals surface area (Å²) in [4.78, 5) is 13.1. The third-order valence-electron chi connectivity index (χ3n) is 14.0. The molecule has 0 bridgehead atoms. The van der Waals surface area contributed by atoms with Crippen molar-refractivity contribution >= 4 is 5.91 Å². The highest BCUT2D eigenvalue weighted by atomic mass is 16.7. The molecule has 1 aliphatic heterocycles. The van der Waals surface area contributed by atoms with E-state index in [1.807, 2.05) is 6.08 Å². The highest BCUT2D eigenvalue weighted by molar-refractivity contribution is 5.76. The Bertz CT molecular complexity index is 1620. The molecule has 6 N–H and O–H groups in total. The van der Waals surface area contributed by atoms with Gasteiger partial charge in [-0.15, -0.1) is 0 Å². The molecule has 7 unspecified atom stereocenters. The van der Waals surface area contributed by atoms with E-state index in [0.717, 1.165) is 109 Å². The molecule has 1 rings (SSSR count). The monoisotopic (exact) mass is 1070 g/mol. The predicted octanol–water partition coefficient (Wildman–Crippen LogP) is 16.3. The fourth-order valence-corrected chi connectivity index (χ4v) is 9.15. The van der Waals surface area contributed by atoms with Crippen molar-refractivity contribution in [2.24, 2.45) is 0 Å². The fourth-order valence-electron chi connectivity index (χ4n) is 9.15. The molecule has 1 amide bonds. The maximum atomic E-state index is 13.1. The average molecular weight is 1070 g/mol. The molecule has 9 heteroatoms. The predicted molar refractivity (Wildman–Crippen MR) is 327 cm³/mol. The second kappa shape index (κ2) is 55.9. The van der Waals surface area contributed by atoms with E-state index in [1.54, 1.807) is 6.08 Å². The third kappa shape index (κ3) is 45.1. The van der Waals surface area contributed by atoms with Gasteiger partial charge in [-0.25, -0.2) is 0 Å². The van der Waals surface area contributed by atoms with Crippen LogP contribution < -0.4 is 5.32 Å². The number of aliphatic hydroxyl groups is 5. The molecule has 77 heavy (non-hydrogen) atoms. The smallest absolute Gasteiger partial charge is 0.220 e. The summed E-state index contributed by atoms with van der Waals surface area (Å²) in [5, 5.41) is 54.6. The zero-order chi connectivity index (χ0) is 55.8. The van der Waals surface area contributed by atoms with E-state index in [0.29, 0.717) is 6.42 Å². The van der Waals surface area contributed by atoms with E-state index >= 15 is 0 Å². The van der Waals surface area contributed by atoms with Crippen LogP contribution in [0.4, 0.5) is 0 Å². The minimum Gasteiger partial charge on any atom is -0.394 e. The first kappa shape index (κ1) is 71.6. The number of allylic oxidation sites excluding steroid dienone is 19. The Morgan fingerprint density at radius 2 is 0.805 bits per heavy atom. The SMILES string of the molecule is CC/C=C\C/C=C\C/C=C\C/C=C\C/C=C\C/C=C\C/C=C\C/C=C\C/C=C\CCCCCCCCCC(=O)NC(COC1OC(CO)C(O)C(O)C1O)C(O)/C=C/CCCCCCCCCCCCCCCCCCC. The maximum absolute atomic E-state index is 13.1. The van der Waals surface area contributed by atoms with Gasteiger partial charge in [0.1, 0.15) is 24.4 Å². The average Bonchev–Trinajstić information content (AvgIpc) is 3.43. The number of unbranched alkanes of at least 4 members (excludes halogenated alkanes) is 24. The molecule has 0 aromatic rings. The number of amides is 1. The summed E-state index contributed by atoms with van der Waals surface area (Å²) in [6.45, 7) is 3.66. The minimum absolute atomic E-state index is 0.192. The molecule has 0 radical (unpaired) electrons. The molecule has 9 nitrogen and oxygen atoms in total. The first-order chi connectivity index (χ1) is 37.8. The number of ether oxygens (including phenoxy) is 2. The van der Waals surface area contributed by atoms with Gasteiger partial charge in [-0.1, -0.05) is 270 Å². The molecule has 440 valence electrons. The van der Waals surface area contributed by atoms with Crippen molar-refractivity contribution in [2.45, 2.75) is 288 Å². The van der Waals surface area contributed by atoms with Gasteiger partial charge in [-0.3, -0.25) is 4.79 Å². The molecule has 1 fully saturated rings. The van der Waals surface area contributed by atoms with Crippen molar-refractivity contribution < 1.29 is 39.8 Å². The fraction of sp³-hybridized carbons (Fsp3) is 0.691. The normalized spacial score (nSPS) is 19.6. The van der Waals surface area contributed by atoms with Gasteiger partial charge in [0.2, 0.25) is 5.91 Å². The summed E-state index contributed by atoms with van der Waals surface area (Å²) >= 11 is 0. The Labute approximate surface area is 471 Å². The van der Waals surface area contributed by atoms with Gasteiger partial charge in [0.25, 0.3) is 0 Å². The van der Waals surface area contributed by atoms with Crippen LogP contribution in [0.15, 0.2) is 122 Å². The van der Waals surface area contributed by atoms with Crippen molar-refractivity contribution in [1.29, 1.82) is 0 Å². The van der Waals surface area contributed by atoms with Gasteiger partial charge >= 0.3 is 0 Å². The van der Waals surface area contributed by atoms with Crippen LogP contribution >= 0.6 is 0 Å². The lowest BCUT2D eigenvalue weighted by Crippen LogP contribution is -2.60. The van der Waals surface area contributed by atoms with Crippen LogP contribution in [0.5, 0.6) is 0 Å². The first-order valence-corrected chi connectivity index (χ1v) is 31.3. The molecule has 1 aliphatic rings. The topological polar surface area (TPSA) is 149 Å². The highest BCUT2D eigenvalue weighted by Crippen LogP contribution is 2.23. The Balaban J connectivity index is 2.21. The van der Waals surface area contributed by atoms with Gasteiger partial charge in [0.05, 0.1) is 25.4 Å². The summed E-state index contributed by atoms with van der Waals surface area (Å²) in [5.74, 6) is -0.192. The van der Waals surface area contributed by atoms with Crippen LogP contribution in [-0.4, -0.2) is 87.5 Å². The Kier molecular flexibility index (Phi) is 52.0. The Hall–Kier alpha value is -3.41. The molecular weight excluding hydrogens is 959 g/mol. The number of carbonyl (C=O) groups excluding carboxylic acids is 1. The van der Waals surface area contributed by atoms with E-state index in [1.165, 1.54) is 116 Å². The largest absolute Gasteiger partial charge is 0.394 e. The van der Waals surface area contributed by atoms with Crippen LogP contribution in [-0.2, 0) is 14.3 Å². The van der Waals surface area contributed by atoms with Gasteiger partial charge in [0.15, 0.2) is 6.29 Å². The van der Waals surface area contributed by atoms with Crippen molar-refractivity contribution in [2.75, 3.05) is 13.2 Å². The molecule has 1 saturated heterocycles. The zero-order valence-corrected chi connectivity index (χ0v) is 48.9. The van der Waals surface area contributed by atoms with Gasteiger partial charge in [-0.05, 0) is 89.9 Å². The van der Waals surface area contributed by atoms with Crippen molar-refractivity contribution in [3.05, 3.63) is 122 Å². The Morgan fingerprint density at radius 1 is 0.455 bits per heavy atom. The number of hydrogen-bond donors (Lipinski definition) is 6. The zero-order valence-electron chi connectivity index (χ0n) is 48.9. The van der Waals surface area contributed by atoms with Gasteiger partial charge in [-0.2, -0.15) is 0 Å². The van der Waals surface area contributed by atoms with E-state index in [9.17, 15) is 30.3 Å². The first-order valence-electron chi connectivity index (χ1n) is 31.3.